The van der Waals surface area contributed by atoms with Crippen LogP contribution < -0.4 is 19.5 Å². The minimum absolute atomic E-state index is 0.0797. The maximum absolute atomic E-state index is 12.8. The fourth-order valence-corrected chi connectivity index (χ4v) is 5.21. The maximum atomic E-state index is 12.8. The molecule has 0 aromatic heterocycles. The lowest BCUT2D eigenvalue weighted by Gasteiger charge is -2.14. The number of aryl methyl sites for hydroxylation is 1. The monoisotopic (exact) mass is 498 g/mol. The molecule has 7 nitrogen and oxygen atoms in total. The highest BCUT2D eigenvalue weighted by Crippen LogP contribution is 2.32. The molecule has 0 radical (unpaired) electrons. The predicted octanol–water partition coefficient (Wildman–Crippen LogP) is 5.08. The Kier molecular flexibility index (Phi) is 7.33. The van der Waals surface area contributed by atoms with Gasteiger partial charge < -0.3 is 14.8 Å². The third-order valence-electron chi connectivity index (χ3n) is 5.14. The van der Waals surface area contributed by atoms with Crippen LogP contribution in [0, 0.1) is 6.92 Å². The number of anilines is 2. The number of sulfonamides is 1. The minimum atomic E-state index is -3.82. The van der Waals surface area contributed by atoms with Crippen LogP contribution in [-0.2, 0) is 14.8 Å². The van der Waals surface area contributed by atoms with Gasteiger partial charge in [-0.15, -0.1) is 11.8 Å². The molecule has 3 aromatic carbocycles. The van der Waals surface area contributed by atoms with Gasteiger partial charge >= 0.3 is 0 Å². The van der Waals surface area contributed by atoms with E-state index in [0.29, 0.717) is 36.1 Å². The highest BCUT2D eigenvalue weighted by atomic mass is 32.2. The van der Waals surface area contributed by atoms with Gasteiger partial charge in [0.15, 0.2) is 11.5 Å². The Hall–Kier alpha value is -3.17. The molecular formula is C25H26N2O5S2. The largest absolute Gasteiger partial charge is 0.490 e. The number of thioether (sulfide) groups is 1. The molecule has 1 aliphatic rings. The smallest absolute Gasteiger partial charge is 0.262 e. The van der Waals surface area contributed by atoms with Gasteiger partial charge in [0.1, 0.15) is 0 Å². The molecule has 1 amide bonds. The lowest BCUT2D eigenvalue weighted by Crippen LogP contribution is -2.22. The van der Waals surface area contributed by atoms with Gasteiger partial charge in [-0.05, 0) is 62.4 Å². The Morgan fingerprint density at radius 3 is 2.26 bits per heavy atom. The van der Waals surface area contributed by atoms with Crippen LogP contribution in [0.1, 0.15) is 18.9 Å². The Morgan fingerprint density at radius 2 is 1.56 bits per heavy atom. The fourth-order valence-electron chi connectivity index (χ4n) is 3.26. The molecule has 1 unspecified atom stereocenters. The van der Waals surface area contributed by atoms with Gasteiger partial charge in [-0.25, -0.2) is 8.42 Å². The van der Waals surface area contributed by atoms with Crippen LogP contribution in [0.15, 0.2) is 76.5 Å². The van der Waals surface area contributed by atoms with Gasteiger partial charge in [-0.3, -0.25) is 9.52 Å². The number of fused-ring (bicyclic) bond motifs is 1. The summed E-state index contributed by atoms with van der Waals surface area (Å²) < 4.78 is 39.4. The van der Waals surface area contributed by atoms with Crippen LogP contribution in [0.2, 0.25) is 0 Å². The molecule has 1 atom stereocenters. The molecule has 178 valence electrons. The van der Waals surface area contributed by atoms with E-state index in [0.717, 1.165) is 11.3 Å². The molecule has 1 aliphatic heterocycles. The van der Waals surface area contributed by atoms with Gasteiger partial charge in [0.05, 0.1) is 23.4 Å². The van der Waals surface area contributed by atoms with Crippen molar-refractivity contribution in [2.75, 3.05) is 23.3 Å². The number of benzene rings is 3. The van der Waals surface area contributed by atoms with E-state index in [1.165, 1.54) is 29.5 Å². The first-order chi connectivity index (χ1) is 16.3. The summed E-state index contributed by atoms with van der Waals surface area (Å²) in [6.07, 6.45) is 0.737. The molecule has 4 rings (SSSR count). The number of amides is 1. The third kappa shape index (κ3) is 6.03. The first-order valence-electron chi connectivity index (χ1n) is 10.9. The molecule has 34 heavy (non-hydrogen) atoms. The summed E-state index contributed by atoms with van der Waals surface area (Å²) in [5.74, 6) is 0.813. The quantitative estimate of drug-likeness (QED) is 0.442. The molecular weight excluding hydrogens is 472 g/mol. The Balaban J connectivity index is 1.38. The molecule has 0 saturated carbocycles. The number of rotatable bonds is 7. The van der Waals surface area contributed by atoms with Crippen molar-refractivity contribution >= 4 is 39.1 Å². The molecule has 0 saturated heterocycles. The second-order valence-corrected chi connectivity index (χ2v) is 11.0. The van der Waals surface area contributed by atoms with Crippen molar-refractivity contribution in [1.82, 2.24) is 0 Å². The van der Waals surface area contributed by atoms with Crippen LogP contribution >= 0.6 is 11.8 Å². The van der Waals surface area contributed by atoms with Gasteiger partial charge in [0.2, 0.25) is 5.91 Å². The lowest BCUT2D eigenvalue weighted by molar-refractivity contribution is -0.115. The highest BCUT2D eigenvalue weighted by molar-refractivity contribution is 8.00. The van der Waals surface area contributed by atoms with Crippen LogP contribution in [0.5, 0.6) is 11.5 Å². The van der Waals surface area contributed by atoms with Crippen molar-refractivity contribution < 1.29 is 22.7 Å². The standard InChI is InChI=1S/C25H26N2O5S2/c1-17-4-10-21(11-5-17)33-18(2)25(28)26-19-6-8-20(9-7-19)27-34(29,30)22-12-13-23-24(16-22)32-15-3-14-31-23/h4-13,16,18,27H,3,14-15H2,1-2H3,(H,26,28). The summed E-state index contributed by atoms with van der Waals surface area (Å²) in [7, 11) is -3.82. The number of hydrogen-bond donors (Lipinski definition) is 2. The number of hydrogen-bond acceptors (Lipinski definition) is 6. The minimum Gasteiger partial charge on any atom is -0.490 e. The number of ether oxygens (including phenoxy) is 2. The van der Waals surface area contributed by atoms with Gasteiger partial charge in [-0.2, -0.15) is 0 Å². The fraction of sp³-hybridized carbons (Fsp3) is 0.240. The SMILES string of the molecule is Cc1ccc(SC(C)C(=O)Nc2ccc(NS(=O)(=O)c3ccc4c(c3)OCCCO4)cc2)cc1. The van der Waals surface area contributed by atoms with Crippen molar-refractivity contribution in [3.63, 3.8) is 0 Å². The molecule has 2 N–H and O–H groups in total. The van der Waals surface area contributed by atoms with E-state index in [4.69, 9.17) is 9.47 Å². The van der Waals surface area contributed by atoms with E-state index in [1.807, 2.05) is 38.1 Å². The molecule has 0 fully saturated rings. The van der Waals surface area contributed by atoms with E-state index in [-0.39, 0.29) is 16.1 Å². The van der Waals surface area contributed by atoms with Gasteiger partial charge in [-0.1, -0.05) is 17.7 Å². The van der Waals surface area contributed by atoms with Gasteiger partial charge in [0.25, 0.3) is 10.0 Å². The third-order valence-corrected chi connectivity index (χ3v) is 7.63. The van der Waals surface area contributed by atoms with Gasteiger partial charge in [0, 0.05) is 28.8 Å². The molecule has 0 spiro atoms. The van der Waals surface area contributed by atoms with E-state index in [2.05, 4.69) is 10.0 Å². The zero-order chi connectivity index (χ0) is 24.1. The van der Waals surface area contributed by atoms with E-state index in [9.17, 15) is 13.2 Å². The number of nitrogens with one attached hydrogen (secondary N) is 2. The first-order valence-corrected chi connectivity index (χ1v) is 13.2. The summed E-state index contributed by atoms with van der Waals surface area (Å²) in [5, 5.41) is 2.58. The molecule has 0 aliphatic carbocycles. The second-order valence-electron chi connectivity index (χ2n) is 7.90. The predicted molar refractivity (Wildman–Crippen MR) is 134 cm³/mol. The van der Waals surface area contributed by atoms with Crippen molar-refractivity contribution in [3.8, 4) is 11.5 Å². The topological polar surface area (TPSA) is 93.7 Å². The Labute approximate surface area is 203 Å². The lowest BCUT2D eigenvalue weighted by atomic mass is 10.2. The zero-order valence-electron chi connectivity index (χ0n) is 18.9. The van der Waals surface area contributed by atoms with Crippen molar-refractivity contribution in [2.24, 2.45) is 0 Å². The van der Waals surface area contributed by atoms with Crippen LogP contribution in [0.4, 0.5) is 11.4 Å². The van der Waals surface area contributed by atoms with E-state index in [1.54, 1.807) is 30.3 Å². The maximum Gasteiger partial charge on any atom is 0.262 e. The number of carbonyl (C=O) groups excluding carboxylic acids is 1. The summed E-state index contributed by atoms with van der Waals surface area (Å²) in [6, 6.07) is 19.1. The van der Waals surface area contributed by atoms with E-state index >= 15 is 0 Å². The van der Waals surface area contributed by atoms with E-state index < -0.39 is 10.0 Å². The average molecular weight is 499 g/mol. The number of carbonyl (C=O) groups is 1. The Morgan fingerprint density at radius 1 is 0.912 bits per heavy atom. The molecule has 3 aromatic rings. The molecule has 9 heteroatoms. The highest BCUT2D eigenvalue weighted by Gasteiger charge is 2.19. The Bertz CT molecular complexity index is 1260. The normalized spacial score (nSPS) is 14.1. The summed E-state index contributed by atoms with van der Waals surface area (Å²) in [4.78, 5) is 13.7. The molecule has 1 heterocycles. The zero-order valence-corrected chi connectivity index (χ0v) is 20.5. The first kappa shape index (κ1) is 24.0. The van der Waals surface area contributed by atoms with Crippen LogP contribution in [-0.4, -0.2) is 32.8 Å². The van der Waals surface area contributed by atoms with Crippen molar-refractivity contribution in [2.45, 2.75) is 35.3 Å². The van der Waals surface area contributed by atoms with Crippen molar-refractivity contribution in [3.05, 3.63) is 72.3 Å². The second kappa shape index (κ2) is 10.4. The van der Waals surface area contributed by atoms with Crippen LogP contribution in [0.25, 0.3) is 0 Å². The summed E-state index contributed by atoms with van der Waals surface area (Å²) in [5.41, 5.74) is 2.13. The summed E-state index contributed by atoms with van der Waals surface area (Å²) >= 11 is 1.48. The summed E-state index contributed by atoms with van der Waals surface area (Å²) in [6.45, 7) is 4.87. The van der Waals surface area contributed by atoms with Crippen LogP contribution in [0.3, 0.4) is 0 Å². The average Bonchev–Trinajstić information content (AvgIpc) is 3.06. The molecule has 0 bridgehead atoms. The van der Waals surface area contributed by atoms with Crippen molar-refractivity contribution in [1.29, 1.82) is 0 Å².